The number of nitrogens with one attached hydrogen (secondary N) is 1. The minimum absolute atomic E-state index is 0.0124. The Morgan fingerprint density at radius 2 is 2.27 bits per heavy atom. The molecule has 1 aliphatic rings. The van der Waals surface area contributed by atoms with E-state index in [1.165, 1.54) is 19.1 Å². The molecule has 3 rings (SSSR count). The summed E-state index contributed by atoms with van der Waals surface area (Å²) in [5.41, 5.74) is 0.823. The van der Waals surface area contributed by atoms with Crippen molar-refractivity contribution < 1.29 is 18.4 Å². The van der Waals surface area contributed by atoms with E-state index >= 15 is 0 Å². The molecule has 6 nitrogen and oxygen atoms in total. The lowest BCUT2D eigenvalue weighted by Gasteiger charge is -2.31. The van der Waals surface area contributed by atoms with Crippen LogP contribution in [0, 0.1) is 5.82 Å². The number of oxazole rings is 1. The molecule has 0 spiro atoms. The number of carbonyl (C=O) groups is 2. The number of hydrogen-bond donors (Lipinski definition) is 1. The van der Waals surface area contributed by atoms with Crippen LogP contribution in [0.3, 0.4) is 0 Å². The van der Waals surface area contributed by atoms with Gasteiger partial charge in [0, 0.05) is 26.4 Å². The van der Waals surface area contributed by atoms with Crippen LogP contribution in [0.25, 0.3) is 0 Å². The number of rotatable bonds is 5. The zero-order chi connectivity index (χ0) is 18.5. The molecule has 1 aliphatic heterocycles. The van der Waals surface area contributed by atoms with Crippen molar-refractivity contribution in [3.05, 3.63) is 53.5 Å². The van der Waals surface area contributed by atoms with E-state index in [-0.39, 0.29) is 30.1 Å². The summed E-state index contributed by atoms with van der Waals surface area (Å²) in [7, 11) is 0. The second kappa shape index (κ2) is 8.12. The number of aromatic nitrogens is 1. The van der Waals surface area contributed by atoms with E-state index < -0.39 is 0 Å². The molecule has 0 bridgehead atoms. The third kappa shape index (κ3) is 4.68. The first-order valence-corrected chi connectivity index (χ1v) is 8.72. The molecule has 1 saturated heterocycles. The smallest absolute Gasteiger partial charge is 0.241 e. The van der Waals surface area contributed by atoms with Crippen molar-refractivity contribution in [2.75, 3.05) is 19.6 Å². The summed E-state index contributed by atoms with van der Waals surface area (Å²) in [6, 6.07) is 6.39. The van der Waals surface area contributed by atoms with Crippen LogP contribution in [-0.2, 0) is 16.0 Å². The highest BCUT2D eigenvalue weighted by molar-refractivity contribution is 5.83. The molecule has 2 aromatic rings. The van der Waals surface area contributed by atoms with E-state index in [2.05, 4.69) is 10.3 Å². The number of nitrogens with zero attached hydrogens (tertiary/aromatic N) is 2. The number of halogens is 1. The van der Waals surface area contributed by atoms with Crippen LogP contribution >= 0.6 is 0 Å². The molecule has 1 fully saturated rings. The van der Waals surface area contributed by atoms with Crippen molar-refractivity contribution >= 4 is 11.8 Å². The average molecular weight is 359 g/mol. The minimum Gasteiger partial charge on any atom is -0.445 e. The van der Waals surface area contributed by atoms with Gasteiger partial charge in [0.1, 0.15) is 11.6 Å². The highest BCUT2D eigenvalue weighted by Crippen LogP contribution is 2.27. The van der Waals surface area contributed by atoms with Crippen molar-refractivity contribution in [1.82, 2.24) is 15.2 Å². The number of piperidine rings is 1. The molecule has 0 radical (unpaired) electrons. The largest absolute Gasteiger partial charge is 0.445 e. The Kier molecular flexibility index (Phi) is 5.65. The molecule has 7 heteroatoms. The molecule has 2 amide bonds. The van der Waals surface area contributed by atoms with Crippen molar-refractivity contribution in [1.29, 1.82) is 0 Å². The predicted octanol–water partition coefficient (Wildman–Crippen LogP) is 2.25. The predicted molar refractivity (Wildman–Crippen MR) is 92.9 cm³/mol. The van der Waals surface area contributed by atoms with Gasteiger partial charge in [-0.2, -0.15) is 0 Å². The molecule has 0 aliphatic carbocycles. The Hall–Kier alpha value is -2.70. The average Bonchev–Trinajstić information content (AvgIpc) is 3.08. The maximum atomic E-state index is 13.3. The lowest BCUT2D eigenvalue weighted by atomic mass is 9.98. The van der Waals surface area contributed by atoms with Gasteiger partial charge in [0.25, 0.3) is 0 Å². The van der Waals surface area contributed by atoms with Gasteiger partial charge in [-0.15, -0.1) is 0 Å². The van der Waals surface area contributed by atoms with Crippen LogP contribution in [0.5, 0.6) is 0 Å². The minimum atomic E-state index is -0.275. The summed E-state index contributed by atoms with van der Waals surface area (Å²) < 4.78 is 19.1. The van der Waals surface area contributed by atoms with Crippen molar-refractivity contribution in [2.24, 2.45) is 0 Å². The molecule has 0 saturated carbocycles. The monoisotopic (exact) mass is 359 g/mol. The summed E-state index contributed by atoms with van der Waals surface area (Å²) in [5.74, 6) is 0.716. The zero-order valence-electron chi connectivity index (χ0n) is 14.7. The van der Waals surface area contributed by atoms with Crippen LogP contribution < -0.4 is 5.32 Å². The van der Waals surface area contributed by atoms with Gasteiger partial charge in [-0.3, -0.25) is 9.59 Å². The molecule has 1 atom stereocenters. The highest BCUT2D eigenvalue weighted by atomic mass is 19.1. The van der Waals surface area contributed by atoms with Crippen molar-refractivity contribution in [3.8, 4) is 0 Å². The molecule has 1 aromatic heterocycles. The summed E-state index contributed by atoms with van der Waals surface area (Å²) in [4.78, 5) is 29.2. The van der Waals surface area contributed by atoms with E-state index in [1.807, 2.05) is 6.07 Å². The Bertz CT molecular complexity index is 790. The number of benzene rings is 1. The Labute approximate surface area is 151 Å². The Morgan fingerprint density at radius 3 is 3.04 bits per heavy atom. The quantitative estimate of drug-likeness (QED) is 0.888. The van der Waals surface area contributed by atoms with Crippen LogP contribution in [0.2, 0.25) is 0 Å². The fourth-order valence-electron chi connectivity index (χ4n) is 3.16. The summed E-state index contributed by atoms with van der Waals surface area (Å²) in [5, 5.41) is 2.53. The lowest BCUT2D eigenvalue weighted by molar-refractivity contribution is -0.133. The Morgan fingerprint density at radius 1 is 1.42 bits per heavy atom. The standard InChI is InChI=1S/C19H22FN3O3/c1-13(24)21-11-18(25)23-7-3-5-15(12-23)19-22-10-17(26-19)9-14-4-2-6-16(20)8-14/h2,4,6,8,10,15H,3,5,7,9,11-12H2,1H3,(H,21,24). The maximum absolute atomic E-state index is 13.3. The zero-order valence-corrected chi connectivity index (χ0v) is 14.7. The second-order valence-electron chi connectivity index (χ2n) is 6.56. The molecule has 26 heavy (non-hydrogen) atoms. The number of hydrogen-bond acceptors (Lipinski definition) is 4. The van der Waals surface area contributed by atoms with Gasteiger partial charge in [-0.05, 0) is 30.5 Å². The van der Waals surface area contributed by atoms with Crippen molar-refractivity contribution in [3.63, 3.8) is 0 Å². The molecular weight excluding hydrogens is 337 g/mol. The molecular formula is C19H22FN3O3. The van der Waals surface area contributed by atoms with E-state index in [0.717, 1.165) is 18.4 Å². The first kappa shape index (κ1) is 18.1. The van der Waals surface area contributed by atoms with Gasteiger partial charge >= 0.3 is 0 Å². The van der Waals surface area contributed by atoms with Gasteiger partial charge in [-0.1, -0.05) is 12.1 Å². The number of carbonyl (C=O) groups excluding carboxylic acids is 2. The fraction of sp³-hybridized carbons (Fsp3) is 0.421. The van der Waals surface area contributed by atoms with E-state index in [4.69, 9.17) is 4.42 Å². The molecule has 2 heterocycles. The van der Waals surface area contributed by atoms with E-state index in [0.29, 0.717) is 31.2 Å². The van der Waals surface area contributed by atoms with Gasteiger partial charge < -0.3 is 14.6 Å². The van der Waals surface area contributed by atoms with E-state index in [9.17, 15) is 14.0 Å². The summed E-state index contributed by atoms with van der Waals surface area (Å²) in [6.07, 6.45) is 3.89. The second-order valence-corrected chi connectivity index (χ2v) is 6.56. The molecule has 138 valence electrons. The number of likely N-dealkylation sites (tertiary alicyclic amines) is 1. The van der Waals surface area contributed by atoms with Crippen LogP contribution in [0.4, 0.5) is 4.39 Å². The SMILES string of the molecule is CC(=O)NCC(=O)N1CCCC(c2ncc(Cc3cccc(F)c3)o2)C1. The van der Waals surface area contributed by atoms with Gasteiger partial charge in [0.2, 0.25) is 11.8 Å². The number of amides is 2. The van der Waals surface area contributed by atoms with Gasteiger partial charge in [0.05, 0.1) is 18.7 Å². The topological polar surface area (TPSA) is 75.4 Å². The van der Waals surface area contributed by atoms with E-state index in [1.54, 1.807) is 17.2 Å². The summed E-state index contributed by atoms with van der Waals surface area (Å²) in [6.45, 7) is 2.60. The molecule has 1 unspecified atom stereocenters. The fourth-order valence-corrected chi connectivity index (χ4v) is 3.16. The summed E-state index contributed by atoms with van der Waals surface area (Å²) >= 11 is 0. The molecule has 1 N–H and O–H groups in total. The normalized spacial score (nSPS) is 17.2. The van der Waals surface area contributed by atoms with Gasteiger partial charge in [-0.25, -0.2) is 9.37 Å². The third-order valence-electron chi connectivity index (χ3n) is 4.45. The maximum Gasteiger partial charge on any atom is 0.241 e. The van der Waals surface area contributed by atoms with Crippen LogP contribution in [0.15, 0.2) is 34.9 Å². The molecule has 1 aromatic carbocycles. The first-order chi connectivity index (χ1) is 12.5. The highest BCUT2D eigenvalue weighted by Gasteiger charge is 2.27. The van der Waals surface area contributed by atoms with Crippen LogP contribution in [0.1, 0.15) is 42.9 Å². The first-order valence-electron chi connectivity index (χ1n) is 8.72. The Balaban J connectivity index is 1.61. The van der Waals surface area contributed by atoms with Crippen molar-refractivity contribution in [2.45, 2.75) is 32.1 Å². The van der Waals surface area contributed by atoms with Gasteiger partial charge in [0.15, 0.2) is 5.89 Å². The van der Waals surface area contributed by atoms with Crippen LogP contribution in [-0.4, -0.2) is 41.3 Å². The third-order valence-corrected chi connectivity index (χ3v) is 4.45. The lowest BCUT2D eigenvalue weighted by Crippen LogP contribution is -2.44.